The van der Waals surface area contributed by atoms with Crippen LogP contribution in [-0.4, -0.2) is 35.2 Å². The van der Waals surface area contributed by atoms with Crippen molar-refractivity contribution in [3.8, 4) is 0 Å². The lowest BCUT2D eigenvalue weighted by Gasteiger charge is -2.31. The van der Waals surface area contributed by atoms with Gasteiger partial charge in [0.1, 0.15) is 11.6 Å². The quantitative estimate of drug-likeness (QED) is 0.835. The van der Waals surface area contributed by atoms with E-state index in [4.69, 9.17) is 0 Å². The fraction of sp³-hybridized carbons (Fsp3) is 0.588. The van der Waals surface area contributed by atoms with Gasteiger partial charge in [-0.1, -0.05) is 18.9 Å². The lowest BCUT2D eigenvalue weighted by Crippen LogP contribution is -2.49. The molecule has 0 saturated heterocycles. The molecule has 0 radical (unpaired) electrons. The zero-order chi connectivity index (χ0) is 17.1. The number of carbonyl (C=O) groups excluding carboxylic acids is 1. The Balaban J connectivity index is 2.22. The van der Waals surface area contributed by atoms with Gasteiger partial charge in [0.15, 0.2) is 0 Å². The van der Waals surface area contributed by atoms with Gasteiger partial charge in [-0.05, 0) is 32.1 Å². The number of hydrogen-bond donors (Lipinski definition) is 2. The minimum absolute atomic E-state index is 0.108. The molecule has 23 heavy (non-hydrogen) atoms. The summed E-state index contributed by atoms with van der Waals surface area (Å²) in [4.78, 5) is 12.8. The molecule has 1 amide bonds. The number of carbonyl (C=O) groups is 1. The van der Waals surface area contributed by atoms with Crippen LogP contribution in [0.3, 0.4) is 0 Å². The zero-order valence-electron chi connectivity index (χ0n) is 13.5. The van der Waals surface area contributed by atoms with E-state index < -0.39 is 22.7 Å². The van der Waals surface area contributed by atoms with Gasteiger partial charge in [-0.15, -0.1) is 0 Å². The number of rotatable bonds is 6. The number of aliphatic hydroxyl groups is 1. The molecule has 6 heteroatoms. The highest BCUT2D eigenvalue weighted by Crippen LogP contribution is 2.42. The van der Waals surface area contributed by atoms with E-state index in [0.717, 1.165) is 18.9 Å². The predicted octanol–water partition coefficient (Wildman–Crippen LogP) is 3.01. The Morgan fingerprint density at radius 1 is 1.39 bits per heavy atom. The summed E-state index contributed by atoms with van der Waals surface area (Å²) in [6.07, 6.45) is 4.59. The van der Waals surface area contributed by atoms with Crippen LogP contribution in [-0.2, 0) is 10.2 Å². The van der Waals surface area contributed by atoms with Crippen LogP contribution in [0.1, 0.15) is 38.2 Å². The second-order valence-corrected chi connectivity index (χ2v) is 7.39. The Kier molecular flexibility index (Phi) is 5.68. The fourth-order valence-corrected chi connectivity index (χ4v) is 4.00. The van der Waals surface area contributed by atoms with Crippen molar-refractivity contribution in [3.63, 3.8) is 0 Å². The molecular formula is C17H23F2NO2S. The van der Waals surface area contributed by atoms with Crippen molar-refractivity contribution < 1.29 is 18.7 Å². The summed E-state index contributed by atoms with van der Waals surface area (Å²) in [5.41, 5.74) is -1.73. The Morgan fingerprint density at radius 2 is 2.04 bits per heavy atom. The lowest BCUT2D eigenvalue weighted by atomic mass is 9.77. The van der Waals surface area contributed by atoms with E-state index in [1.54, 1.807) is 6.92 Å². The first kappa shape index (κ1) is 18.2. The van der Waals surface area contributed by atoms with E-state index in [1.807, 2.05) is 6.26 Å². The number of thioether (sulfide) groups is 1. The van der Waals surface area contributed by atoms with Crippen molar-refractivity contribution in [3.05, 3.63) is 35.4 Å². The number of benzene rings is 1. The molecule has 2 rings (SSSR count). The van der Waals surface area contributed by atoms with Gasteiger partial charge in [-0.3, -0.25) is 4.79 Å². The third kappa shape index (κ3) is 4.04. The number of halogens is 2. The molecule has 128 valence electrons. The minimum Gasteiger partial charge on any atom is -0.387 e. The summed E-state index contributed by atoms with van der Waals surface area (Å²) in [5, 5.41) is 13.0. The monoisotopic (exact) mass is 343 g/mol. The van der Waals surface area contributed by atoms with Crippen molar-refractivity contribution in [2.75, 3.05) is 18.6 Å². The molecule has 0 spiro atoms. The van der Waals surface area contributed by atoms with Crippen LogP contribution in [0.4, 0.5) is 8.78 Å². The Morgan fingerprint density at radius 3 is 2.61 bits per heavy atom. The normalized spacial score (nSPS) is 19.3. The lowest BCUT2D eigenvalue weighted by molar-refractivity contribution is -0.127. The second kappa shape index (κ2) is 7.18. The first-order valence-corrected chi connectivity index (χ1v) is 9.15. The highest BCUT2D eigenvalue weighted by Gasteiger charge is 2.44. The van der Waals surface area contributed by atoms with Gasteiger partial charge >= 0.3 is 0 Å². The van der Waals surface area contributed by atoms with Crippen LogP contribution in [0, 0.1) is 11.6 Å². The molecule has 0 bridgehead atoms. The molecule has 1 aromatic rings. The van der Waals surface area contributed by atoms with Crippen molar-refractivity contribution >= 4 is 17.7 Å². The van der Waals surface area contributed by atoms with E-state index in [1.165, 1.54) is 23.9 Å². The van der Waals surface area contributed by atoms with E-state index in [-0.39, 0.29) is 18.0 Å². The summed E-state index contributed by atoms with van der Waals surface area (Å²) in [6, 6.07) is 3.39. The first-order valence-electron chi connectivity index (χ1n) is 7.76. The van der Waals surface area contributed by atoms with Gasteiger partial charge in [0.25, 0.3) is 0 Å². The minimum atomic E-state index is -1.02. The number of nitrogens with one attached hydrogen (secondary N) is 1. The molecular weight excluding hydrogens is 320 g/mol. The summed E-state index contributed by atoms with van der Waals surface area (Å²) in [6.45, 7) is 1.76. The molecule has 1 atom stereocenters. The van der Waals surface area contributed by atoms with Gasteiger partial charge in [0, 0.05) is 23.9 Å². The molecule has 3 nitrogen and oxygen atoms in total. The molecule has 0 aromatic heterocycles. The summed E-state index contributed by atoms with van der Waals surface area (Å²) in [5.74, 6) is -1.13. The van der Waals surface area contributed by atoms with Gasteiger partial charge in [-0.2, -0.15) is 11.8 Å². The van der Waals surface area contributed by atoms with Gasteiger partial charge < -0.3 is 10.4 Å². The molecule has 0 aliphatic heterocycles. The number of amides is 1. The van der Waals surface area contributed by atoms with Gasteiger partial charge in [-0.25, -0.2) is 8.78 Å². The average molecular weight is 343 g/mol. The van der Waals surface area contributed by atoms with E-state index in [0.29, 0.717) is 18.6 Å². The Hall–Kier alpha value is -1.14. The van der Waals surface area contributed by atoms with Crippen LogP contribution in [0.25, 0.3) is 0 Å². The first-order chi connectivity index (χ1) is 10.8. The summed E-state index contributed by atoms with van der Waals surface area (Å²) in [7, 11) is 0. The van der Waals surface area contributed by atoms with E-state index in [9.17, 15) is 18.7 Å². The Labute approximate surface area is 139 Å². The highest BCUT2D eigenvalue weighted by atomic mass is 32.2. The maximum Gasteiger partial charge on any atom is 0.230 e. The molecule has 1 fully saturated rings. The molecule has 1 saturated carbocycles. The standard InChI is InChI=1S/C17H23F2NO2S/c1-16(22,11-23-2)10-20-15(21)17(7-3-4-8-17)13-6-5-12(18)9-14(13)19/h5-6,9,22H,3-4,7-8,10-11H2,1-2H3,(H,20,21). The molecule has 1 aliphatic rings. The third-order valence-corrected chi connectivity index (χ3v) is 5.33. The smallest absolute Gasteiger partial charge is 0.230 e. The van der Waals surface area contributed by atoms with Crippen molar-refractivity contribution in [1.82, 2.24) is 5.32 Å². The second-order valence-electron chi connectivity index (χ2n) is 6.53. The van der Waals surface area contributed by atoms with Crippen LogP contribution < -0.4 is 5.32 Å². The van der Waals surface area contributed by atoms with Gasteiger partial charge in [0.05, 0.1) is 11.0 Å². The fourth-order valence-electron chi connectivity index (χ4n) is 3.28. The van der Waals surface area contributed by atoms with Crippen molar-refractivity contribution in [2.45, 2.75) is 43.6 Å². The summed E-state index contributed by atoms with van der Waals surface area (Å²) >= 11 is 1.49. The van der Waals surface area contributed by atoms with Crippen LogP contribution in [0.2, 0.25) is 0 Å². The van der Waals surface area contributed by atoms with Crippen LogP contribution in [0.15, 0.2) is 18.2 Å². The molecule has 1 unspecified atom stereocenters. The Bertz CT molecular complexity index is 572. The topological polar surface area (TPSA) is 49.3 Å². The largest absolute Gasteiger partial charge is 0.387 e. The van der Waals surface area contributed by atoms with Crippen LogP contribution in [0.5, 0.6) is 0 Å². The maximum absolute atomic E-state index is 14.2. The zero-order valence-corrected chi connectivity index (χ0v) is 14.3. The van der Waals surface area contributed by atoms with Crippen molar-refractivity contribution in [2.24, 2.45) is 0 Å². The van der Waals surface area contributed by atoms with Crippen molar-refractivity contribution in [1.29, 1.82) is 0 Å². The highest BCUT2D eigenvalue weighted by molar-refractivity contribution is 7.98. The molecule has 0 heterocycles. The third-order valence-electron chi connectivity index (χ3n) is 4.42. The van der Waals surface area contributed by atoms with Crippen LogP contribution >= 0.6 is 11.8 Å². The number of hydrogen-bond acceptors (Lipinski definition) is 3. The summed E-state index contributed by atoms with van der Waals surface area (Å²) < 4.78 is 27.4. The average Bonchev–Trinajstić information content (AvgIpc) is 2.95. The van der Waals surface area contributed by atoms with E-state index >= 15 is 0 Å². The molecule has 1 aliphatic carbocycles. The van der Waals surface area contributed by atoms with Gasteiger partial charge in [0.2, 0.25) is 5.91 Å². The SMILES string of the molecule is CSCC(C)(O)CNC(=O)C1(c2ccc(F)cc2F)CCCC1. The molecule has 1 aromatic carbocycles. The predicted molar refractivity (Wildman–Crippen MR) is 88.5 cm³/mol. The maximum atomic E-state index is 14.2. The van der Waals surface area contributed by atoms with E-state index in [2.05, 4.69) is 5.32 Å². The molecule has 2 N–H and O–H groups in total.